The normalized spacial score (nSPS) is 10.3. The Labute approximate surface area is 117 Å². The molecule has 0 radical (unpaired) electrons. The van der Waals surface area contributed by atoms with Crippen LogP contribution in [0.5, 0.6) is 0 Å². The van der Waals surface area contributed by atoms with Gasteiger partial charge in [-0.1, -0.05) is 20.8 Å². The minimum absolute atomic E-state index is 0.144. The molecule has 19 heavy (non-hydrogen) atoms. The van der Waals surface area contributed by atoms with Gasteiger partial charge in [-0.2, -0.15) is 0 Å². The molecule has 0 bridgehead atoms. The molecule has 0 aromatic heterocycles. The van der Waals surface area contributed by atoms with Crippen molar-refractivity contribution in [2.45, 2.75) is 40.0 Å². The molecule has 3 nitrogen and oxygen atoms in total. The summed E-state index contributed by atoms with van der Waals surface area (Å²) in [6, 6.07) is 7.80. The van der Waals surface area contributed by atoms with Gasteiger partial charge >= 0.3 is 0 Å². The third kappa shape index (κ3) is 4.93. The largest absolute Gasteiger partial charge is 0.385 e. The second-order valence-electron chi connectivity index (χ2n) is 4.80. The number of hydrogen-bond donors (Lipinski definition) is 1. The monoisotopic (exact) mass is 262 g/mol. The van der Waals surface area contributed by atoms with Crippen molar-refractivity contribution in [2.75, 3.05) is 25.0 Å². The fourth-order valence-corrected chi connectivity index (χ4v) is 2.04. The molecule has 1 aromatic rings. The lowest BCUT2D eigenvalue weighted by atomic mass is 10.1. The maximum Gasteiger partial charge on any atom is 0.253 e. The average molecular weight is 262 g/mol. The van der Waals surface area contributed by atoms with Crippen LogP contribution in [0.15, 0.2) is 24.3 Å². The highest BCUT2D eigenvalue weighted by molar-refractivity contribution is 5.94. The summed E-state index contributed by atoms with van der Waals surface area (Å²) in [5, 5.41) is 3.32. The zero-order chi connectivity index (χ0) is 14.1. The summed E-state index contributed by atoms with van der Waals surface area (Å²) in [4.78, 5) is 14.3. The number of nitrogens with one attached hydrogen (secondary N) is 1. The molecule has 0 atom stereocenters. The highest BCUT2D eigenvalue weighted by Gasteiger charge is 2.13. The van der Waals surface area contributed by atoms with Gasteiger partial charge in [0.25, 0.3) is 5.91 Å². The topological polar surface area (TPSA) is 32.3 Å². The van der Waals surface area contributed by atoms with Gasteiger partial charge in [-0.15, -0.1) is 0 Å². The summed E-state index contributed by atoms with van der Waals surface area (Å²) in [6.07, 6.45) is 3.10. The van der Waals surface area contributed by atoms with Crippen LogP contribution in [0.4, 0.5) is 5.69 Å². The molecule has 0 fully saturated rings. The summed E-state index contributed by atoms with van der Waals surface area (Å²) in [6.45, 7) is 8.98. The van der Waals surface area contributed by atoms with Crippen molar-refractivity contribution >= 4 is 11.6 Å². The van der Waals surface area contributed by atoms with Gasteiger partial charge in [0, 0.05) is 30.9 Å². The molecule has 1 amide bonds. The molecule has 0 unspecified atom stereocenters. The average Bonchev–Trinajstić information content (AvgIpc) is 2.44. The molecule has 0 saturated heterocycles. The first-order chi connectivity index (χ1) is 9.22. The zero-order valence-electron chi connectivity index (χ0n) is 12.4. The molecule has 1 N–H and O–H groups in total. The SMILES string of the molecule is CCCNc1ccc(C(=O)N(CCC)CCC)cc1. The van der Waals surface area contributed by atoms with Crippen molar-refractivity contribution in [2.24, 2.45) is 0 Å². The van der Waals surface area contributed by atoms with E-state index in [0.717, 1.165) is 50.1 Å². The Morgan fingerprint density at radius 1 is 1.00 bits per heavy atom. The fraction of sp³-hybridized carbons (Fsp3) is 0.562. The summed E-state index contributed by atoms with van der Waals surface area (Å²) in [5.74, 6) is 0.144. The van der Waals surface area contributed by atoms with Crippen LogP contribution in [0.2, 0.25) is 0 Å². The summed E-state index contributed by atoms with van der Waals surface area (Å²) in [7, 11) is 0. The smallest absolute Gasteiger partial charge is 0.253 e. The van der Waals surface area contributed by atoms with E-state index in [1.807, 2.05) is 29.2 Å². The van der Waals surface area contributed by atoms with Crippen LogP contribution in [0.1, 0.15) is 50.4 Å². The number of carbonyl (C=O) groups is 1. The van der Waals surface area contributed by atoms with Gasteiger partial charge in [-0.25, -0.2) is 0 Å². The summed E-state index contributed by atoms with van der Waals surface area (Å²) >= 11 is 0. The molecule has 0 heterocycles. The van der Waals surface area contributed by atoms with E-state index in [1.165, 1.54) is 0 Å². The minimum atomic E-state index is 0.144. The molecule has 3 heteroatoms. The first-order valence-electron chi connectivity index (χ1n) is 7.36. The third-order valence-corrected chi connectivity index (χ3v) is 2.99. The molecular weight excluding hydrogens is 236 g/mol. The minimum Gasteiger partial charge on any atom is -0.385 e. The Balaban J connectivity index is 2.69. The summed E-state index contributed by atoms with van der Waals surface area (Å²) in [5.41, 5.74) is 1.86. The molecule has 0 aliphatic rings. The lowest BCUT2D eigenvalue weighted by Gasteiger charge is -2.21. The number of benzene rings is 1. The molecule has 106 valence electrons. The molecule has 0 saturated carbocycles. The number of rotatable bonds is 8. The Hall–Kier alpha value is -1.51. The maximum atomic E-state index is 12.4. The third-order valence-electron chi connectivity index (χ3n) is 2.99. The van der Waals surface area contributed by atoms with E-state index in [-0.39, 0.29) is 5.91 Å². The van der Waals surface area contributed by atoms with Crippen molar-refractivity contribution in [3.8, 4) is 0 Å². The van der Waals surface area contributed by atoms with E-state index in [1.54, 1.807) is 0 Å². The van der Waals surface area contributed by atoms with E-state index in [0.29, 0.717) is 0 Å². The zero-order valence-corrected chi connectivity index (χ0v) is 12.4. The van der Waals surface area contributed by atoms with Crippen LogP contribution in [0, 0.1) is 0 Å². The first-order valence-corrected chi connectivity index (χ1v) is 7.36. The van der Waals surface area contributed by atoms with Gasteiger partial charge in [-0.05, 0) is 43.5 Å². The van der Waals surface area contributed by atoms with Crippen molar-refractivity contribution in [3.63, 3.8) is 0 Å². The van der Waals surface area contributed by atoms with Gasteiger partial charge in [0.15, 0.2) is 0 Å². The Bertz CT molecular complexity index is 367. The highest BCUT2D eigenvalue weighted by atomic mass is 16.2. The van der Waals surface area contributed by atoms with E-state index in [4.69, 9.17) is 0 Å². The van der Waals surface area contributed by atoms with Crippen molar-refractivity contribution in [3.05, 3.63) is 29.8 Å². The lowest BCUT2D eigenvalue weighted by Crippen LogP contribution is -2.32. The van der Waals surface area contributed by atoms with Crippen molar-refractivity contribution in [1.82, 2.24) is 4.90 Å². The number of anilines is 1. The molecule has 0 aliphatic heterocycles. The van der Waals surface area contributed by atoms with Gasteiger partial charge in [0.05, 0.1) is 0 Å². The molecule has 1 aromatic carbocycles. The Morgan fingerprint density at radius 2 is 1.58 bits per heavy atom. The van der Waals surface area contributed by atoms with Crippen LogP contribution >= 0.6 is 0 Å². The van der Waals surface area contributed by atoms with Crippen LogP contribution in [0.3, 0.4) is 0 Å². The van der Waals surface area contributed by atoms with Crippen LogP contribution in [0.25, 0.3) is 0 Å². The second-order valence-corrected chi connectivity index (χ2v) is 4.80. The number of nitrogens with zero attached hydrogens (tertiary/aromatic N) is 1. The van der Waals surface area contributed by atoms with Crippen LogP contribution in [-0.2, 0) is 0 Å². The number of amides is 1. The predicted molar refractivity (Wildman–Crippen MR) is 81.7 cm³/mol. The lowest BCUT2D eigenvalue weighted by molar-refractivity contribution is 0.0755. The van der Waals surface area contributed by atoms with Gasteiger partial charge < -0.3 is 10.2 Å². The van der Waals surface area contributed by atoms with E-state index in [9.17, 15) is 4.79 Å². The molecule has 0 aliphatic carbocycles. The predicted octanol–water partition coefficient (Wildman–Crippen LogP) is 3.77. The van der Waals surface area contributed by atoms with Crippen LogP contribution < -0.4 is 5.32 Å². The van der Waals surface area contributed by atoms with Crippen LogP contribution in [-0.4, -0.2) is 30.4 Å². The molecule has 0 spiro atoms. The second kappa shape index (κ2) is 8.57. The number of carbonyl (C=O) groups excluding carboxylic acids is 1. The maximum absolute atomic E-state index is 12.4. The standard InChI is InChI=1S/C16H26N2O/c1-4-11-17-15-9-7-14(8-10-15)16(19)18(12-5-2)13-6-3/h7-10,17H,4-6,11-13H2,1-3H3. The van der Waals surface area contributed by atoms with Gasteiger partial charge in [0.2, 0.25) is 0 Å². The molecular formula is C16H26N2O. The van der Waals surface area contributed by atoms with Crippen molar-refractivity contribution in [1.29, 1.82) is 0 Å². The molecule has 1 rings (SSSR count). The van der Waals surface area contributed by atoms with E-state index in [2.05, 4.69) is 26.1 Å². The Morgan fingerprint density at radius 3 is 2.05 bits per heavy atom. The first kappa shape index (κ1) is 15.5. The fourth-order valence-electron chi connectivity index (χ4n) is 2.04. The van der Waals surface area contributed by atoms with Gasteiger partial charge in [0.1, 0.15) is 0 Å². The van der Waals surface area contributed by atoms with E-state index >= 15 is 0 Å². The van der Waals surface area contributed by atoms with Gasteiger partial charge in [-0.3, -0.25) is 4.79 Å². The number of hydrogen-bond acceptors (Lipinski definition) is 2. The summed E-state index contributed by atoms with van der Waals surface area (Å²) < 4.78 is 0. The van der Waals surface area contributed by atoms with E-state index < -0.39 is 0 Å². The quantitative estimate of drug-likeness (QED) is 0.773. The Kier molecular flexibility index (Phi) is 7.01. The van der Waals surface area contributed by atoms with Crippen molar-refractivity contribution < 1.29 is 4.79 Å². The highest BCUT2D eigenvalue weighted by Crippen LogP contribution is 2.12.